The zero-order valence-electron chi connectivity index (χ0n) is 12.8. The number of nitrogens with one attached hydrogen (secondary N) is 1. The number of carbonyl (C=O) groups excluding carboxylic acids is 1. The van der Waals surface area contributed by atoms with Crippen LogP contribution in [0.15, 0.2) is 55.4 Å². The lowest BCUT2D eigenvalue weighted by molar-refractivity contribution is -0.122. The number of amides is 1. The third-order valence-corrected chi connectivity index (χ3v) is 3.15. The Kier molecular flexibility index (Phi) is 4.46. The van der Waals surface area contributed by atoms with E-state index in [9.17, 15) is 9.18 Å². The Bertz CT molecular complexity index is 821. The third-order valence-electron chi connectivity index (χ3n) is 3.15. The second kappa shape index (κ2) is 6.86. The largest absolute Gasteiger partial charge is 0.478 e. The van der Waals surface area contributed by atoms with E-state index in [1.165, 1.54) is 31.5 Å². The maximum atomic E-state index is 13.5. The number of anilines is 1. The fourth-order valence-electron chi connectivity index (χ4n) is 1.92. The Morgan fingerprint density at radius 3 is 2.71 bits per heavy atom. The highest BCUT2D eigenvalue weighted by molar-refractivity contribution is 5.93. The van der Waals surface area contributed by atoms with Crippen molar-refractivity contribution in [3.8, 4) is 11.7 Å². The van der Waals surface area contributed by atoms with Crippen molar-refractivity contribution in [2.24, 2.45) is 0 Å². The minimum absolute atomic E-state index is 0.0202. The van der Waals surface area contributed by atoms with Gasteiger partial charge in [-0.3, -0.25) is 9.36 Å². The van der Waals surface area contributed by atoms with E-state index in [1.54, 1.807) is 35.4 Å². The van der Waals surface area contributed by atoms with Crippen molar-refractivity contribution in [2.45, 2.75) is 13.0 Å². The van der Waals surface area contributed by atoms with Gasteiger partial charge in [0.25, 0.3) is 5.91 Å². The van der Waals surface area contributed by atoms with E-state index < -0.39 is 17.8 Å². The van der Waals surface area contributed by atoms with Gasteiger partial charge in [0.05, 0.1) is 18.1 Å². The number of halogens is 1. The van der Waals surface area contributed by atoms with Crippen LogP contribution in [0, 0.1) is 5.82 Å². The lowest BCUT2D eigenvalue weighted by atomic mass is 10.3. The first-order chi connectivity index (χ1) is 11.6. The zero-order chi connectivity index (χ0) is 16.9. The summed E-state index contributed by atoms with van der Waals surface area (Å²) in [5.74, 6) is -0.504. The summed E-state index contributed by atoms with van der Waals surface area (Å²) in [5, 5.41) is 2.62. The number of ether oxygens (including phenoxy) is 1. The molecule has 1 amide bonds. The highest BCUT2D eigenvalue weighted by Gasteiger charge is 2.17. The summed E-state index contributed by atoms with van der Waals surface area (Å²) in [5.41, 5.74) is 0.410. The average Bonchev–Trinajstić information content (AvgIpc) is 3.12. The summed E-state index contributed by atoms with van der Waals surface area (Å²) in [6.45, 7) is 1.53. The molecule has 1 unspecified atom stereocenters. The van der Waals surface area contributed by atoms with E-state index in [4.69, 9.17) is 4.74 Å². The lowest BCUT2D eigenvalue weighted by Crippen LogP contribution is -2.30. The number of nitrogens with zero attached hydrogens (tertiary/aromatic N) is 4. The van der Waals surface area contributed by atoms with Crippen molar-refractivity contribution in [3.05, 3.63) is 61.2 Å². The van der Waals surface area contributed by atoms with Crippen molar-refractivity contribution in [3.63, 3.8) is 0 Å². The van der Waals surface area contributed by atoms with Crippen molar-refractivity contribution in [1.82, 2.24) is 19.5 Å². The smallest absolute Gasteiger partial charge is 0.265 e. The molecule has 0 saturated carbocycles. The van der Waals surface area contributed by atoms with Gasteiger partial charge >= 0.3 is 0 Å². The third kappa shape index (κ3) is 3.54. The molecule has 24 heavy (non-hydrogen) atoms. The second-order valence-electron chi connectivity index (χ2n) is 4.92. The molecule has 0 spiro atoms. The van der Waals surface area contributed by atoms with Crippen LogP contribution < -0.4 is 10.1 Å². The van der Waals surface area contributed by atoms with E-state index in [2.05, 4.69) is 20.3 Å². The molecule has 0 aliphatic heterocycles. The maximum absolute atomic E-state index is 13.5. The molecule has 2 aromatic heterocycles. The van der Waals surface area contributed by atoms with Gasteiger partial charge < -0.3 is 10.1 Å². The van der Waals surface area contributed by atoms with Gasteiger partial charge in [-0.15, -0.1) is 0 Å². The fraction of sp³-hybridized carbons (Fsp3) is 0.125. The van der Waals surface area contributed by atoms with Crippen LogP contribution in [0.3, 0.4) is 0 Å². The number of imidazole rings is 1. The number of benzene rings is 1. The number of aromatic nitrogens is 4. The van der Waals surface area contributed by atoms with Gasteiger partial charge in [-0.25, -0.2) is 19.3 Å². The first-order valence-electron chi connectivity index (χ1n) is 7.16. The maximum Gasteiger partial charge on any atom is 0.265 e. The summed E-state index contributed by atoms with van der Waals surface area (Å²) in [7, 11) is 0. The Labute approximate surface area is 137 Å². The van der Waals surface area contributed by atoms with Crippen LogP contribution in [-0.4, -0.2) is 31.5 Å². The van der Waals surface area contributed by atoms with Gasteiger partial charge in [-0.1, -0.05) is 12.1 Å². The van der Waals surface area contributed by atoms with Crippen LogP contribution in [0.2, 0.25) is 0 Å². The van der Waals surface area contributed by atoms with Crippen LogP contribution >= 0.6 is 0 Å². The van der Waals surface area contributed by atoms with Crippen LogP contribution in [0.4, 0.5) is 10.1 Å². The topological polar surface area (TPSA) is 81.9 Å². The predicted molar refractivity (Wildman–Crippen MR) is 84.3 cm³/mol. The van der Waals surface area contributed by atoms with E-state index in [-0.39, 0.29) is 5.75 Å². The minimum atomic E-state index is -0.879. The highest BCUT2D eigenvalue weighted by Crippen LogP contribution is 2.17. The van der Waals surface area contributed by atoms with Gasteiger partial charge in [-0.2, -0.15) is 0 Å². The molecule has 8 heteroatoms. The molecule has 1 atom stereocenters. The van der Waals surface area contributed by atoms with Gasteiger partial charge in [0, 0.05) is 12.4 Å². The van der Waals surface area contributed by atoms with Gasteiger partial charge in [0.15, 0.2) is 17.7 Å². The lowest BCUT2D eigenvalue weighted by Gasteiger charge is -2.15. The molecule has 3 rings (SSSR count). The molecule has 0 bridgehead atoms. The molecule has 0 aliphatic rings. The Balaban J connectivity index is 1.63. The number of para-hydroxylation sites is 1. The van der Waals surface area contributed by atoms with E-state index >= 15 is 0 Å². The van der Waals surface area contributed by atoms with Crippen molar-refractivity contribution in [2.75, 3.05) is 5.32 Å². The van der Waals surface area contributed by atoms with Crippen molar-refractivity contribution in [1.29, 1.82) is 0 Å². The molecule has 3 aromatic rings. The standard InChI is InChI=1S/C16H14FN5O2/c1-11(24-14-5-3-2-4-13(14)17)15(23)21-12-8-19-16(20-9-12)22-7-6-18-10-22/h2-11H,1H3,(H,21,23). The van der Waals surface area contributed by atoms with Crippen LogP contribution in [0.25, 0.3) is 5.95 Å². The quantitative estimate of drug-likeness (QED) is 0.777. The highest BCUT2D eigenvalue weighted by atomic mass is 19.1. The minimum Gasteiger partial charge on any atom is -0.478 e. The molecular formula is C16H14FN5O2. The SMILES string of the molecule is CC(Oc1ccccc1F)C(=O)Nc1cnc(-n2ccnc2)nc1. The van der Waals surface area contributed by atoms with E-state index in [0.29, 0.717) is 11.6 Å². The molecule has 1 aromatic carbocycles. The zero-order valence-corrected chi connectivity index (χ0v) is 12.8. The Hall–Kier alpha value is -3.29. The Morgan fingerprint density at radius 2 is 2.04 bits per heavy atom. The first-order valence-corrected chi connectivity index (χ1v) is 7.16. The van der Waals surface area contributed by atoms with Gasteiger partial charge in [0.2, 0.25) is 5.95 Å². The molecule has 7 nitrogen and oxygen atoms in total. The van der Waals surface area contributed by atoms with Crippen LogP contribution in [0.1, 0.15) is 6.92 Å². The van der Waals surface area contributed by atoms with Crippen LogP contribution in [-0.2, 0) is 4.79 Å². The van der Waals surface area contributed by atoms with Gasteiger partial charge in [-0.05, 0) is 19.1 Å². The molecule has 0 radical (unpaired) electrons. The molecule has 0 aliphatic carbocycles. The van der Waals surface area contributed by atoms with Crippen LogP contribution in [0.5, 0.6) is 5.75 Å². The molecular weight excluding hydrogens is 313 g/mol. The summed E-state index contributed by atoms with van der Waals surface area (Å²) in [4.78, 5) is 24.3. The second-order valence-corrected chi connectivity index (χ2v) is 4.92. The molecule has 0 saturated heterocycles. The summed E-state index contributed by atoms with van der Waals surface area (Å²) < 4.78 is 20.5. The molecule has 122 valence electrons. The van der Waals surface area contributed by atoms with E-state index in [0.717, 1.165) is 0 Å². The van der Waals surface area contributed by atoms with E-state index in [1.807, 2.05) is 0 Å². The molecule has 2 heterocycles. The Morgan fingerprint density at radius 1 is 1.29 bits per heavy atom. The number of hydrogen-bond donors (Lipinski definition) is 1. The fourth-order valence-corrected chi connectivity index (χ4v) is 1.92. The first kappa shape index (κ1) is 15.6. The molecule has 0 fully saturated rings. The van der Waals surface area contributed by atoms with Crippen molar-refractivity contribution < 1.29 is 13.9 Å². The number of carbonyl (C=O) groups is 1. The average molecular weight is 327 g/mol. The number of rotatable bonds is 5. The molecule has 1 N–H and O–H groups in total. The van der Waals surface area contributed by atoms with Gasteiger partial charge in [0.1, 0.15) is 6.33 Å². The monoisotopic (exact) mass is 327 g/mol. The predicted octanol–water partition coefficient (Wildman–Crippen LogP) is 2.21. The number of hydrogen-bond acceptors (Lipinski definition) is 5. The normalized spacial score (nSPS) is 11.8. The summed E-state index contributed by atoms with van der Waals surface area (Å²) in [6, 6.07) is 5.91. The van der Waals surface area contributed by atoms with Crippen molar-refractivity contribution >= 4 is 11.6 Å². The summed E-state index contributed by atoms with van der Waals surface area (Å²) in [6.07, 6.45) is 6.94. The summed E-state index contributed by atoms with van der Waals surface area (Å²) >= 11 is 0.